The zero-order chi connectivity index (χ0) is 20.0. The Morgan fingerprint density at radius 1 is 1.24 bits per heavy atom. The van der Waals surface area contributed by atoms with Crippen LogP contribution in [-0.4, -0.2) is 36.6 Å². The van der Waals surface area contributed by atoms with E-state index in [0.29, 0.717) is 30.9 Å². The van der Waals surface area contributed by atoms with Crippen molar-refractivity contribution in [3.63, 3.8) is 0 Å². The van der Waals surface area contributed by atoms with E-state index in [4.69, 9.17) is 4.74 Å². The van der Waals surface area contributed by atoms with Gasteiger partial charge in [-0.1, -0.05) is 24.3 Å². The zero-order valence-electron chi connectivity index (χ0n) is 16.1. The lowest BCUT2D eigenvalue weighted by Gasteiger charge is -2.42. The van der Waals surface area contributed by atoms with Crippen LogP contribution in [0.1, 0.15) is 40.7 Å². The van der Waals surface area contributed by atoms with Gasteiger partial charge < -0.3 is 15.0 Å². The van der Waals surface area contributed by atoms with Crippen molar-refractivity contribution in [2.75, 3.05) is 24.6 Å². The predicted octanol–water partition coefficient (Wildman–Crippen LogP) is 3.17. The number of ether oxygens (including phenoxy) is 1. The zero-order valence-corrected chi connectivity index (χ0v) is 16.1. The minimum Gasteiger partial charge on any atom is -0.367 e. The Kier molecular flexibility index (Phi) is 4.28. The molecule has 1 aliphatic heterocycles. The highest BCUT2D eigenvalue weighted by Crippen LogP contribution is 2.44. The van der Waals surface area contributed by atoms with E-state index >= 15 is 0 Å². The number of anilines is 1. The Morgan fingerprint density at radius 3 is 2.86 bits per heavy atom. The number of nitro groups is 1. The number of carbonyl (C=O) groups excluding carboxylic acids is 1. The predicted molar refractivity (Wildman–Crippen MR) is 108 cm³/mol. The molecule has 7 nitrogen and oxygen atoms in total. The largest absolute Gasteiger partial charge is 0.367 e. The Morgan fingerprint density at radius 2 is 2.07 bits per heavy atom. The molecule has 2 aromatic rings. The number of hydrogen-bond acceptors (Lipinski definition) is 5. The van der Waals surface area contributed by atoms with Crippen LogP contribution in [0, 0.1) is 10.1 Å². The molecule has 2 aromatic carbocycles. The average Bonchev–Trinajstić information content (AvgIpc) is 3.49. The van der Waals surface area contributed by atoms with Gasteiger partial charge in [0.25, 0.3) is 11.6 Å². The van der Waals surface area contributed by atoms with E-state index in [1.165, 1.54) is 17.2 Å². The monoisotopic (exact) mass is 393 g/mol. The molecule has 1 amide bonds. The van der Waals surface area contributed by atoms with Crippen molar-refractivity contribution in [2.45, 2.75) is 37.3 Å². The van der Waals surface area contributed by atoms with Gasteiger partial charge in [0.05, 0.1) is 18.1 Å². The second-order valence-electron chi connectivity index (χ2n) is 8.13. The fourth-order valence-electron chi connectivity index (χ4n) is 4.53. The van der Waals surface area contributed by atoms with Crippen molar-refractivity contribution in [1.82, 2.24) is 5.32 Å². The van der Waals surface area contributed by atoms with E-state index in [0.717, 1.165) is 25.7 Å². The maximum Gasteiger partial charge on any atom is 0.293 e. The van der Waals surface area contributed by atoms with Gasteiger partial charge in [-0.3, -0.25) is 14.9 Å². The summed E-state index contributed by atoms with van der Waals surface area (Å²) < 4.78 is 6.24. The van der Waals surface area contributed by atoms with Crippen molar-refractivity contribution < 1.29 is 14.5 Å². The van der Waals surface area contributed by atoms with Crippen molar-refractivity contribution in [2.24, 2.45) is 0 Å². The summed E-state index contributed by atoms with van der Waals surface area (Å²) >= 11 is 0. The van der Waals surface area contributed by atoms with Crippen LogP contribution in [0.15, 0.2) is 42.5 Å². The van der Waals surface area contributed by atoms with Crippen LogP contribution in [0.4, 0.5) is 11.4 Å². The number of rotatable bonds is 4. The summed E-state index contributed by atoms with van der Waals surface area (Å²) in [6, 6.07) is 13.3. The number of aryl methyl sites for hydroxylation is 1. The van der Waals surface area contributed by atoms with Crippen molar-refractivity contribution in [3.05, 3.63) is 69.3 Å². The molecule has 3 aliphatic rings. The highest BCUT2D eigenvalue weighted by molar-refractivity contribution is 5.96. The fourth-order valence-corrected chi connectivity index (χ4v) is 4.53. The Labute approximate surface area is 168 Å². The first-order valence-corrected chi connectivity index (χ1v) is 10.1. The summed E-state index contributed by atoms with van der Waals surface area (Å²) in [6.45, 7) is 1.66. The molecule has 1 saturated heterocycles. The normalized spacial score (nSPS) is 23.1. The van der Waals surface area contributed by atoms with Gasteiger partial charge in [0.1, 0.15) is 11.3 Å². The first kappa shape index (κ1) is 18.1. The molecule has 1 N–H and O–H groups in total. The number of nitrogens with zero attached hydrogens (tertiary/aromatic N) is 2. The molecule has 1 heterocycles. The van der Waals surface area contributed by atoms with E-state index in [2.05, 4.69) is 17.4 Å². The molecular formula is C22H23N3O4. The third-order valence-corrected chi connectivity index (χ3v) is 6.18. The molecule has 1 unspecified atom stereocenters. The minimum atomic E-state index is -0.426. The van der Waals surface area contributed by atoms with Gasteiger partial charge in [-0.15, -0.1) is 0 Å². The molecule has 2 fully saturated rings. The van der Waals surface area contributed by atoms with E-state index in [1.54, 1.807) is 12.1 Å². The number of hydrogen-bond donors (Lipinski definition) is 1. The van der Waals surface area contributed by atoms with Gasteiger partial charge in [-0.05, 0) is 48.9 Å². The second-order valence-corrected chi connectivity index (χ2v) is 8.13. The van der Waals surface area contributed by atoms with Gasteiger partial charge in [0, 0.05) is 24.2 Å². The number of carbonyl (C=O) groups is 1. The topological polar surface area (TPSA) is 84.7 Å². The highest BCUT2D eigenvalue weighted by Gasteiger charge is 2.44. The number of nitrogens with one attached hydrogen (secondary N) is 1. The van der Waals surface area contributed by atoms with Crippen LogP contribution >= 0.6 is 0 Å². The standard InChI is InChI=1S/C22H23N3O4/c26-21(23-17-6-7-17)16-5-8-19(20(13-16)25(27)28)24-11-12-29-22(14-24)10-9-15-3-1-2-4-18(15)22/h1-5,8,13,17H,6-7,9-12,14H2,(H,23,26). The van der Waals surface area contributed by atoms with Crippen LogP contribution in [0.3, 0.4) is 0 Å². The van der Waals surface area contributed by atoms with Crippen molar-refractivity contribution in [1.29, 1.82) is 0 Å². The summed E-state index contributed by atoms with van der Waals surface area (Å²) in [4.78, 5) is 25.8. The van der Waals surface area contributed by atoms with Crippen LogP contribution in [0.2, 0.25) is 0 Å². The second kappa shape index (κ2) is 6.84. The van der Waals surface area contributed by atoms with Crippen LogP contribution in [0.5, 0.6) is 0 Å². The molecule has 1 atom stereocenters. The number of morpholine rings is 1. The lowest BCUT2D eigenvalue weighted by atomic mass is 9.93. The number of nitro benzene ring substituents is 1. The lowest BCUT2D eigenvalue weighted by molar-refractivity contribution is -0.384. The molecule has 1 saturated carbocycles. The maximum absolute atomic E-state index is 12.3. The molecule has 0 bridgehead atoms. The van der Waals surface area contributed by atoms with Crippen LogP contribution in [0.25, 0.3) is 0 Å². The molecular weight excluding hydrogens is 370 g/mol. The first-order valence-electron chi connectivity index (χ1n) is 10.1. The summed E-state index contributed by atoms with van der Waals surface area (Å²) in [5.41, 5.74) is 2.90. The quantitative estimate of drug-likeness (QED) is 0.637. The first-order chi connectivity index (χ1) is 14.1. The molecule has 150 valence electrons. The van der Waals surface area contributed by atoms with Crippen LogP contribution < -0.4 is 10.2 Å². The van der Waals surface area contributed by atoms with Crippen molar-refractivity contribution in [3.8, 4) is 0 Å². The molecule has 7 heteroatoms. The molecule has 1 spiro atoms. The van der Waals surface area contributed by atoms with Crippen molar-refractivity contribution >= 4 is 17.3 Å². The molecule has 0 radical (unpaired) electrons. The maximum atomic E-state index is 12.3. The molecule has 0 aromatic heterocycles. The molecule has 2 aliphatic carbocycles. The summed E-state index contributed by atoms with van der Waals surface area (Å²) in [6.07, 6.45) is 3.78. The van der Waals surface area contributed by atoms with E-state index < -0.39 is 10.5 Å². The Balaban J connectivity index is 1.45. The Hall–Kier alpha value is -2.93. The third kappa shape index (κ3) is 3.25. The number of fused-ring (bicyclic) bond motifs is 2. The SMILES string of the molecule is O=C(NC1CC1)c1ccc(N2CCOC3(CCc4ccccc43)C2)c([N+](=O)[O-])c1. The van der Waals surface area contributed by atoms with E-state index in [1.807, 2.05) is 17.0 Å². The van der Waals surface area contributed by atoms with Crippen LogP contribution in [-0.2, 0) is 16.8 Å². The minimum absolute atomic E-state index is 0.0308. The summed E-state index contributed by atoms with van der Waals surface area (Å²) in [5.74, 6) is -0.245. The average molecular weight is 393 g/mol. The lowest BCUT2D eigenvalue weighted by Crippen LogP contribution is -2.49. The number of amides is 1. The van der Waals surface area contributed by atoms with Gasteiger partial charge in [-0.2, -0.15) is 0 Å². The molecule has 5 rings (SSSR count). The molecule has 29 heavy (non-hydrogen) atoms. The third-order valence-electron chi connectivity index (χ3n) is 6.18. The highest BCUT2D eigenvalue weighted by atomic mass is 16.6. The summed E-state index contributed by atoms with van der Waals surface area (Å²) in [5, 5.41) is 14.7. The van der Waals surface area contributed by atoms with Gasteiger partial charge in [0.2, 0.25) is 0 Å². The smallest absolute Gasteiger partial charge is 0.293 e. The Bertz CT molecular complexity index is 984. The van der Waals surface area contributed by atoms with E-state index in [9.17, 15) is 14.9 Å². The van der Waals surface area contributed by atoms with E-state index in [-0.39, 0.29) is 17.6 Å². The van der Waals surface area contributed by atoms with Gasteiger partial charge >= 0.3 is 0 Å². The van der Waals surface area contributed by atoms with Gasteiger partial charge in [-0.25, -0.2) is 0 Å². The van der Waals surface area contributed by atoms with Gasteiger partial charge in [0.15, 0.2) is 0 Å². The summed E-state index contributed by atoms with van der Waals surface area (Å²) in [7, 11) is 0. The fraction of sp³-hybridized carbons (Fsp3) is 0.409. The number of benzene rings is 2.